The molecule has 138 valence electrons. The summed E-state index contributed by atoms with van der Waals surface area (Å²) in [6, 6.07) is 3.94. The number of piperidine rings is 1. The molecule has 0 radical (unpaired) electrons. The Kier molecular flexibility index (Phi) is 4.73. The maximum absolute atomic E-state index is 12.3. The summed E-state index contributed by atoms with van der Waals surface area (Å²) in [6.45, 7) is 2.00. The summed E-state index contributed by atoms with van der Waals surface area (Å²) in [5.74, 6) is -0.0275. The van der Waals surface area contributed by atoms with Gasteiger partial charge in [0.1, 0.15) is 0 Å². The number of carbonyl (C=O) groups excluding carboxylic acids is 2. The first-order chi connectivity index (χ1) is 12.7. The van der Waals surface area contributed by atoms with E-state index in [1.165, 1.54) is 19.3 Å². The third-order valence-corrected chi connectivity index (χ3v) is 5.17. The number of nitrogens with one attached hydrogen (secondary N) is 2. The quantitative estimate of drug-likeness (QED) is 0.851. The molecule has 8 nitrogen and oxygen atoms in total. The van der Waals surface area contributed by atoms with Crippen LogP contribution in [0.5, 0.6) is 0 Å². The van der Waals surface area contributed by atoms with Gasteiger partial charge in [0.15, 0.2) is 11.0 Å². The highest BCUT2D eigenvalue weighted by Gasteiger charge is 2.22. The van der Waals surface area contributed by atoms with E-state index in [9.17, 15) is 9.59 Å². The number of fused-ring (bicyclic) bond motifs is 1. The van der Waals surface area contributed by atoms with Crippen molar-refractivity contribution in [2.75, 3.05) is 23.3 Å². The minimum Gasteiger partial charge on any atom is -0.370 e. The molecule has 2 amide bonds. The first-order valence-corrected chi connectivity index (χ1v) is 9.30. The third kappa shape index (κ3) is 3.49. The summed E-state index contributed by atoms with van der Waals surface area (Å²) >= 11 is 0. The Labute approximate surface area is 151 Å². The van der Waals surface area contributed by atoms with Gasteiger partial charge >= 0.3 is 0 Å². The van der Waals surface area contributed by atoms with E-state index < -0.39 is 0 Å². The zero-order chi connectivity index (χ0) is 17.9. The highest BCUT2D eigenvalue weighted by atomic mass is 16.6. The Bertz CT molecular complexity index is 812. The van der Waals surface area contributed by atoms with Gasteiger partial charge < -0.3 is 15.5 Å². The molecule has 3 heterocycles. The number of anilines is 2. The van der Waals surface area contributed by atoms with Gasteiger partial charge in [-0.15, -0.1) is 0 Å². The summed E-state index contributed by atoms with van der Waals surface area (Å²) < 4.78 is 4.95. The zero-order valence-electron chi connectivity index (χ0n) is 14.7. The Hall–Kier alpha value is -2.64. The van der Waals surface area contributed by atoms with Gasteiger partial charge in [0.2, 0.25) is 11.8 Å². The van der Waals surface area contributed by atoms with Crippen molar-refractivity contribution in [3.8, 4) is 0 Å². The summed E-state index contributed by atoms with van der Waals surface area (Å²) in [4.78, 5) is 25.8. The number of hydrogen-bond acceptors (Lipinski definition) is 6. The molecular formula is C18H23N5O3. The first-order valence-electron chi connectivity index (χ1n) is 9.30. The van der Waals surface area contributed by atoms with Crippen molar-refractivity contribution in [3.63, 3.8) is 0 Å². The van der Waals surface area contributed by atoms with Crippen LogP contribution < -0.4 is 15.5 Å². The van der Waals surface area contributed by atoms with Crippen molar-refractivity contribution in [1.82, 2.24) is 15.6 Å². The van der Waals surface area contributed by atoms with Crippen LogP contribution in [0.3, 0.4) is 0 Å². The van der Waals surface area contributed by atoms with E-state index in [1.54, 1.807) is 0 Å². The maximum Gasteiger partial charge on any atom is 0.224 e. The van der Waals surface area contributed by atoms with E-state index in [4.69, 9.17) is 4.63 Å². The third-order valence-electron chi connectivity index (χ3n) is 5.17. The lowest BCUT2D eigenvalue weighted by molar-refractivity contribution is -0.120. The molecule has 2 fully saturated rings. The number of benzene rings is 1. The average Bonchev–Trinajstić information content (AvgIpc) is 3.30. The van der Waals surface area contributed by atoms with Gasteiger partial charge in [-0.25, -0.2) is 4.63 Å². The van der Waals surface area contributed by atoms with Crippen LogP contribution in [0.15, 0.2) is 16.8 Å². The monoisotopic (exact) mass is 357 g/mol. The zero-order valence-corrected chi connectivity index (χ0v) is 14.7. The lowest BCUT2D eigenvalue weighted by Gasteiger charge is -2.28. The fourth-order valence-corrected chi connectivity index (χ4v) is 3.76. The van der Waals surface area contributed by atoms with Gasteiger partial charge in [0.05, 0.1) is 11.4 Å². The molecule has 2 N–H and O–H groups in total. The van der Waals surface area contributed by atoms with Crippen molar-refractivity contribution in [3.05, 3.63) is 12.1 Å². The van der Waals surface area contributed by atoms with Crippen molar-refractivity contribution < 1.29 is 14.2 Å². The van der Waals surface area contributed by atoms with E-state index in [2.05, 4.69) is 25.8 Å². The molecule has 0 saturated carbocycles. The molecule has 0 bridgehead atoms. The molecule has 0 unspecified atom stereocenters. The standard InChI is InChI=1S/C18H23N5O3/c24-15-8-4-12(19-15)5-9-16(25)20-13-6-7-14(18-17(13)21-26-22-18)23-10-2-1-3-11-23/h6-7,12H,1-5,8-11H2,(H,19,24)(H,20,25)/t12-/m0/s1. The number of rotatable bonds is 5. The van der Waals surface area contributed by atoms with Gasteiger partial charge in [0.25, 0.3) is 0 Å². The van der Waals surface area contributed by atoms with Crippen molar-refractivity contribution in [2.45, 2.75) is 51.0 Å². The first kappa shape index (κ1) is 16.8. The van der Waals surface area contributed by atoms with Gasteiger partial charge in [-0.3, -0.25) is 9.59 Å². The maximum atomic E-state index is 12.3. The Morgan fingerprint density at radius 1 is 1.23 bits per heavy atom. The van der Waals surface area contributed by atoms with Gasteiger partial charge in [-0.05, 0) is 54.6 Å². The smallest absolute Gasteiger partial charge is 0.224 e. The molecule has 2 saturated heterocycles. The number of aromatic nitrogens is 2. The average molecular weight is 357 g/mol. The van der Waals surface area contributed by atoms with Crippen LogP contribution in [-0.2, 0) is 9.59 Å². The summed E-state index contributed by atoms with van der Waals surface area (Å²) in [5, 5.41) is 13.8. The van der Waals surface area contributed by atoms with Crippen molar-refractivity contribution >= 4 is 34.2 Å². The largest absolute Gasteiger partial charge is 0.370 e. The van der Waals surface area contributed by atoms with Gasteiger partial charge in [0, 0.05) is 32.0 Å². The molecule has 2 aliphatic rings. The van der Waals surface area contributed by atoms with Crippen LogP contribution in [0.25, 0.3) is 11.0 Å². The van der Waals surface area contributed by atoms with Crippen molar-refractivity contribution in [1.29, 1.82) is 0 Å². The Morgan fingerprint density at radius 2 is 2.04 bits per heavy atom. The van der Waals surface area contributed by atoms with E-state index in [0.717, 1.165) is 25.2 Å². The molecule has 26 heavy (non-hydrogen) atoms. The SMILES string of the molecule is O=C(CC[C@@H]1CCC(=O)N1)Nc1ccc(N2CCCCC2)c2nonc12. The molecule has 2 aliphatic heterocycles. The summed E-state index contributed by atoms with van der Waals surface area (Å²) in [5.41, 5.74) is 2.89. The highest BCUT2D eigenvalue weighted by molar-refractivity contribution is 6.02. The second-order valence-corrected chi connectivity index (χ2v) is 7.03. The van der Waals surface area contributed by atoms with E-state index >= 15 is 0 Å². The molecule has 2 aromatic rings. The van der Waals surface area contributed by atoms with Crippen LogP contribution in [0.1, 0.15) is 44.9 Å². The predicted octanol–water partition coefficient (Wildman–Crippen LogP) is 2.21. The van der Waals surface area contributed by atoms with Gasteiger partial charge in [-0.1, -0.05) is 0 Å². The molecule has 0 spiro atoms. The number of amides is 2. The Balaban J connectivity index is 1.44. The van der Waals surface area contributed by atoms with Gasteiger partial charge in [-0.2, -0.15) is 0 Å². The molecule has 4 rings (SSSR count). The Morgan fingerprint density at radius 3 is 2.81 bits per heavy atom. The van der Waals surface area contributed by atoms with Crippen LogP contribution >= 0.6 is 0 Å². The lowest BCUT2D eigenvalue weighted by atomic mass is 10.1. The van der Waals surface area contributed by atoms with Crippen LogP contribution in [0.2, 0.25) is 0 Å². The van der Waals surface area contributed by atoms with E-state index in [0.29, 0.717) is 36.0 Å². The number of carbonyl (C=O) groups is 2. The molecule has 0 aliphatic carbocycles. The number of hydrogen-bond donors (Lipinski definition) is 2. The minimum absolute atomic E-state index is 0.0686. The molecular weight excluding hydrogens is 334 g/mol. The van der Waals surface area contributed by atoms with E-state index in [-0.39, 0.29) is 17.9 Å². The second kappa shape index (κ2) is 7.31. The summed E-state index contributed by atoms with van der Waals surface area (Å²) in [7, 11) is 0. The molecule has 1 aromatic heterocycles. The minimum atomic E-state index is -0.0961. The normalized spacial score (nSPS) is 20.4. The van der Waals surface area contributed by atoms with Crippen LogP contribution in [0, 0.1) is 0 Å². The summed E-state index contributed by atoms with van der Waals surface area (Å²) in [6.07, 6.45) is 5.94. The second-order valence-electron chi connectivity index (χ2n) is 7.03. The molecule has 8 heteroatoms. The number of nitrogens with zero attached hydrogens (tertiary/aromatic N) is 3. The highest BCUT2D eigenvalue weighted by Crippen LogP contribution is 2.31. The fraction of sp³-hybridized carbons (Fsp3) is 0.556. The van der Waals surface area contributed by atoms with E-state index in [1.807, 2.05) is 12.1 Å². The van der Waals surface area contributed by atoms with Crippen LogP contribution in [-0.4, -0.2) is 41.3 Å². The lowest BCUT2D eigenvalue weighted by Crippen LogP contribution is -2.29. The topological polar surface area (TPSA) is 100 Å². The van der Waals surface area contributed by atoms with Crippen LogP contribution in [0.4, 0.5) is 11.4 Å². The molecule has 1 aromatic carbocycles. The van der Waals surface area contributed by atoms with Crippen molar-refractivity contribution in [2.24, 2.45) is 0 Å². The molecule has 1 atom stereocenters. The predicted molar refractivity (Wildman–Crippen MR) is 96.9 cm³/mol. The fourth-order valence-electron chi connectivity index (χ4n) is 3.76.